The van der Waals surface area contributed by atoms with Crippen molar-refractivity contribution in [2.75, 3.05) is 18.5 Å². The van der Waals surface area contributed by atoms with Crippen LogP contribution in [-0.2, 0) is 0 Å². The Morgan fingerprint density at radius 3 is 3.04 bits per heavy atom. The summed E-state index contributed by atoms with van der Waals surface area (Å²) in [5.41, 5.74) is 2.35. The van der Waals surface area contributed by atoms with Gasteiger partial charge in [0, 0.05) is 17.7 Å². The highest BCUT2D eigenvalue weighted by molar-refractivity contribution is 6.06. The minimum absolute atomic E-state index is 0.306. The van der Waals surface area contributed by atoms with E-state index in [1.165, 1.54) is 0 Å². The Morgan fingerprint density at radius 1 is 1.42 bits per heavy atom. The number of aliphatic hydroxyl groups excluding tert-OH is 1. The van der Waals surface area contributed by atoms with Crippen molar-refractivity contribution in [1.29, 1.82) is 0 Å². The second-order valence-corrected chi connectivity index (χ2v) is 5.57. The molecule has 1 aliphatic heterocycles. The third-order valence-electron chi connectivity index (χ3n) is 3.82. The molecule has 0 radical (unpaired) electrons. The van der Waals surface area contributed by atoms with E-state index in [4.69, 9.17) is 9.47 Å². The van der Waals surface area contributed by atoms with Gasteiger partial charge in [-0.15, -0.1) is 0 Å². The number of carbonyl (C=O) groups is 1. The number of para-hydroxylation sites is 1. The first-order chi connectivity index (χ1) is 11.6. The molecule has 2 N–H and O–H groups in total. The third-order valence-corrected chi connectivity index (χ3v) is 3.82. The lowest BCUT2D eigenvalue weighted by Crippen LogP contribution is -2.19. The Hall–Kier alpha value is -2.60. The van der Waals surface area contributed by atoms with E-state index in [1.54, 1.807) is 30.3 Å². The summed E-state index contributed by atoms with van der Waals surface area (Å²) in [5, 5.41) is 12.9. The smallest absolute Gasteiger partial charge is 0.261 e. The van der Waals surface area contributed by atoms with E-state index in [9.17, 15) is 9.90 Å². The zero-order chi connectivity index (χ0) is 17.1. The fourth-order valence-electron chi connectivity index (χ4n) is 2.65. The van der Waals surface area contributed by atoms with Crippen LogP contribution in [0.25, 0.3) is 0 Å². The van der Waals surface area contributed by atoms with Gasteiger partial charge in [0.15, 0.2) is 0 Å². The largest absolute Gasteiger partial charge is 0.491 e. The Labute approximate surface area is 140 Å². The normalized spacial score (nSPS) is 16.0. The quantitative estimate of drug-likeness (QED) is 0.902. The lowest BCUT2D eigenvalue weighted by Gasteiger charge is -2.24. The van der Waals surface area contributed by atoms with Gasteiger partial charge < -0.3 is 19.9 Å². The molecule has 2 aromatic rings. The molecule has 0 saturated carbocycles. The van der Waals surface area contributed by atoms with Crippen LogP contribution in [-0.4, -0.2) is 29.2 Å². The number of pyridine rings is 1. The first kappa shape index (κ1) is 16.3. The second-order valence-electron chi connectivity index (χ2n) is 5.57. The van der Waals surface area contributed by atoms with Gasteiger partial charge in [-0.2, -0.15) is 0 Å². The SMILES string of the molecule is CCOc1nc(C)ccc1C(=O)Nc1cccc2c1OCCC2O. The summed E-state index contributed by atoms with van der Waals surface area (Å²) in [5.74, 6) is 0.492. The predicted molar refractivity (Wildman–Crippen MR) is 89.6 cm³/mol. The lowest BCUT2D eigenvalue weighted by atomic mass is 10.0. The highest BCUT2D eigenvalue weighted by Gasteiger charge is 2.23. The molecule has 1 atom stereocenters. The van der Waals surface area contributed by atoms with Crippen molar-refractivity contribution in [3.63, 3.8) is 0 Å². The predicted octanol–water partition coefficient (Wildman–Crippen LogP) is 2.86. The average molecular weight is 328 g/mol. The number of aromatic nitrogens is 1. The molecule has 1 aromatic heterocycles. The Morgan fingerprint density at radius 2 is 2.25 bits per heavy atom. The second kappa shape index (κ2) is 6.88. The zero-order valence-electron chi connectivity index (χ0n) is 13.7. The number of aliphatic hydroxyl groups is 1. The van der Waals surface area contributed by atoms with Gasteiger partial charge in [0.05, 0.1) is 25.0 Å². The molecule has 6 nitrogen and oxygen atoms in total. The first-order valence-corrected chi connectivity index (χ1v) is 7.95. The van der Waals surface area contributed by atoms with Crippen molar-refractivity contribution in [3.05, 3.63) is 47.2 Å². The molecule has 1 aromatic carbocycles. The number of ether oxygens (including phenoxy) is 2. The van der Waals surface area contributed by atoms with E-state index in [0.29, 0.717) is 48.1 Å². The number of carbonyl (C=O) groups excluding carboxylic acids is 1. The van der Waals surface area contributed by atoms with Gasteiger partial charge in [-0.1, -0.05) is 12.1 Å². The van der Waals surface area contributed by atoms with Crippen molar-refractivity contribution in [3.8, 4) is 11.6 Å². The molecular formula is C18H20N2O4. The molecular weight excluding hydrogens is 308 g/mol. The molecule has 126 valence electrons. The van der Waals surface area contributed by atoms with Crippen LogP contribution in [0, 0.1) is 6.92 Å². The molecule has 1 unspecified atom stereocenters. The van der Waals surface area contributed by atoms with Gasteiger partial charge >= 0.3 is 0 Å². The number of nitrogens with one attached hydrogen (secondary N) is 1. The van der Waals surface area contributed by atoms with Crippen LogP contribution in [0.2, 0.25) is 0 Å². The van der Waals surface area contributed by atoms with Gasteiger partial charge in [0.25, 0.3) is 5.91 Å². The molecule has 1 aliphatic rings. The molecule has 3 rings (SSSR count). The fourth-order valence-corrected chi connectivity index (χ4v) is 2.65. The standard InChI is InChI=1S/C18H20N2O4/c1-3-23-18-13(8-7-11(2)19-18)17(22)20-14-6-4-5-12-15(21)9-10-24-16(12)14/h4-8,15,21H,3,9-10H2,1-2H3,(H,20,22). The molecule has 0 bridgehead atoms. The molecule has 6 heteroatoms. The van der Waals surface area contributed by atoms with E-state index >= 15 is 0 Å². The molecule has 2 heterocycles. The number of hydrogen-bond acceptors (Lipinski definition) is 5. The number of anilines is 1. The van der Waals surface area contributed by atoms with Gasteiger partial charge in [0.1, 0.15) is 11.3 Å². The van der Waals surface area contributed by atoms with E-state index < -0.39 is 6.10 Å². The molecule has 0 aliphatic carbocycles. The number of amides is 1. The highest BCUT2D eigenvalue weighted by atomic mass is 16.5. The van der Waals surface area contributed by atoms with Crippen molar-refractivity contribution in [2.45, 2.75) is 26.4 Å². The maximum absolute atomic E-state index is 12.6. The molecule has 0 fully saturated rings. The first-order valence-electron chi connectivity index (χ1n) is 7.95. The van der Waals surface area contributed by atoms with Crippen molar-refractivity contribution >= 4 is 11.6 Å². The number of rotatable bonds is 4. The summed E-state index contributed by atoms with van der Waals surface area (Å²) in [4.78, 5) is 16.9. The number of nitrogens with zero attached hydrogens (tertiary/aromatic N) is 1. The number of hydrogen-bond donors (Lipinski definition) is 2. The van der Waals surface area contributed by atoms with Crippen LogP contribution in [0.15, 0.2) is 30.3 Å². The van der Waals surface area contributed by atoms with Crippen LogP contribution in [0.5, 0.6) is 11.6 Å². The van der Waals surface area contributed by atoms with Crippen LogP contribution in [0.4, 0.5) is 5.69 Å². The fraction of sp³-hybridized carbons (Fsp3) is 0.333. The van der Waals surface area contributed by atoms with E-state index in [1.807, 2.05) is 13.8 Å². The molecule has 0 saturated heterocycles. The average Bonchev–Trinajstić information content (AvgIpc) is 2.56. The van der Waals surface area contributed by atoms with Crippen LogP contribution >= 0.6 is 0 Å². The summed E-state index contributed by atoms with van der Waals surface area (Å²) < 4.78 is 11.1. The van der Waals surface area contributed by atoms with Crippen molar-refractivity contribution in [1.82, 2.24) is 4.98 Å². The Kier molecular flexibility index (Phi) is 4.66. The summed E-state index contributed by atoms with van der Waals surface area (Å²) in [6.45, 7) is 4.52. The van der Waals surface area contributed by atoms with Gasteiger partial charge in [-0.25, -0.2) is 4.98 Å². The maximum atomic E-state index is 12.6. The van der Waals surface area contributed by atoms with Crippen molar-refractivity contribution in [2.24, 2.45) is 0 Å². The summed E-state index contributed by atoms with van der Waals surface area (Å²) >= 11 is 0. The summed E-state index contributed by atoms with van der Waals surface area (Å²) in [7, 11) is 0. The summed E-state index contributed by atoms with van der Waals surface area (Å²) in [6.07, 6.45) is -0.0357. The Bertz CT molecular complexity index is 761. The van der Waals surface area contributed by atoms with Crippen molar-refractivity contribution < 1.29 is 19.4 Å². The zero-order valence-corrected chi connectivity index (χ0v) is 13.7. The minimum atomic E-state index is -0.578. The minimum Gasteiger partial charge on any atom is -0.491 e. The Balaban J connectivity index is 1.90. The third kappa shape index (κ3) is 3.19. The molecule has 1 amide bonds. The van der Waals surface area contributed by atoms with Crippen LogP contribution < -0.4 is 14.8 Å². The highest BCUT2D eigenvalue weighted by Crippen LogP contribution is 2.38. The van der Waals surface area contributed by atoms with Crippen LogP contribution in [0.3, 0.4) is 0 Å². The van der Waals surface area contributed by atoms with Gasteiger partial charge in [-0.05, 0) is 32.0 Å². The maximum Gasteiger partial charge on any atom is 0.261 e. The lowest BCUT2D eigenvalue weighted by molar-refractivity contribution is 0.101. The number of benzene rings is 1. The monoisotopic (exact) mass is 328 g/mol. The summed E-state index contributed by atoms with van der Waals surface area (Å²) in [6, 6.07) is 8.78. The van der Waals surface area contributed by atoms with Gasteiger partial charge in [-0.3, -0.25) is 4.79 Å². The molecule has 0 spiro atoms. The van der Waals surface area contributed by atoms with Gasteiger partial charge in [0.2, 0.25) is 5.88 Å². The topological polar surface area (TPSA) is 80.7 Å². The number of aryl methyl sites for hydroxylation is 1. The van der Waals surface area contributed by atoms with E-state index in [-0.39, 0.29) is 5.91 Å². The van der Waals surface area contributed by atoms with E-state index in [2.05, 4.69) is 10.3 Å². The van der Waals surface area contributed by atoms with E-state index in [0.717, 1.165) is 5.69 Å². The number of fused-ring (bicyclic) bond motifs is 1. The molecule has 24 heavy (non-hydrogen) atoms. The van der Waals surface area contributed by atoms with Crippen LogP contribution in [0.1, 0.15) is 41.1 Å².